The molecule has 2 heteroatoms. The van der Waals surface area contributed by atoms with E-state index in [1.807, 2.05) is 34.7 Å². The summed E-state index contributed by atoms with van der Waals surface area (Å²) >= 11 is 0. The summed E-state index contributed by atoms with van der Waals surface area (Å²) in [6.45, 7) is 10.4. The van der Waals surface area contributed by atoms with Crippen molar-refractivity contribution in [2.45, 2.75) is 59.8 Å². The topological polar surface area (TPSA) is 24.1 Å². The smallest absolute Gasteiger partial charge is 0.00235 e. The van der Waals surface area contributed by atoms with E-state index in [0.29, 0.717) is 0 Å². The molecule has 0 aliphatic heterocycles. The van der Waals surface area contributed by atoms with Gasteiger partial charge in [0.2, 0.25) is 0 Å². The monoisotopic (exact) mass is 244 g/mol. The van der Waals surface area contributed by atoms with Crippen molar-refractivity contribution in [3.63, 3.8) is 0 Å². The van der Waals surface area contributed by atoms with Crippen molar-refractivity contribution in [3.8, 4) is 0 Å². The lowest BCUT2D eigenvalue weighted by Gasteiger charge is -2.28. The highest BCUT2D eigenvalue weighted by molar-refractivity contribution is 4.73. The van der Waals surface area contributed by atoms with Gasteiger partial charge in [-0.1, -0.05) is 40.5 Å². The van der Waals surface area contributed by atoms with Crippen LogP contribution in [0.4, 0.5) is 0 Å². The van der Waals surface area contributed by atoms with Crippen LogP contribution >= 0.6 is 0 Å². The first-order valence-corrected chi connectivity index (χ1v) is 7.66. The summed E-state index contributed by atoms with van der Waals surface area (Å²) in [7, 11) is 4.11. The Morgan fingerprint density at radius 3 is 1.65 bits per heavy atom. The van der Waals surface area contributed by atoms with Crippen molar-refractivity contribution >= 4 is 0 Å². The summed E-state index contributed by atoms with van der Waals surface area (Å²) in [5.74, 6) is 1.95. The average Bonchev–Trinajstić information content (AvgIpc) is 2.43. The molecule has 0 unspecified atom stereocenters. The number of hydrogen-bond acceptors (Lipinski definition) is 2. The number of hydrogen-bond donors (Lipinski definition) is 2. The van der Waals surface area contributed by atoms with E-state index >= 15 is 0 Å². The molecule has 0 atom stereocenters. The Kier molecular flexibility index (Phi) is 18.0. The van der Waals surface area contributed by atoms with Gasteiger partial charge in [0.25, 0.3) is 0 Å². The van der Waals surface area contributed by atoms with Crippen molar-refractivity contribution in [1.82, 2.24) is 10.6 Å². The van der Waals surface area contributed by atoms with Crippen molar-refractivity contribution in [1.29, 1.82) is 0 Å². The van der Waals surface area contributed by atoms with Crippen LogP contribution in [0.5, 0.6) is 0 Å². The third kappa shape index (κ3) is 10.8. The van der Waals surface area contributed by atoms with Crippen LogP contribution in [-0.2, 0) is 0 Å². The molecular weight excluding hydrogens is 208 g/mol. The average molecular weight is 244 g/mol. The standard InChI is InChI=1S/C11H24N2.2C2H6/c1-12-8-7-10-3-5-11(6-4-10)9-13-2;2*1-2/h10-13H,3-9H2,1-2H3;2*1-2H3. The summed E-state index contributed by atoms with van der Waals surface area (Å²) < 4.78 is 0. The van der Waals surface area contributed by atoms with Crippen LogP contribution in [0.2, 0.25) is 0 Å². The first-order valence-electron chi connectivity index (χ1n) is 7.66. The van der Waals surface area contributed by atoms with Gasteiger partial charge in [-0.05, 0) is 58.3 Å². The first-order chi connectivity index (χ1) is 8.36. The molecule has 2 N–H and O–H groups in total. The summed E-state index contributed by atoms with van der Waals surface area (Å²) in [5, 5.41) is 6.52. The van der Waals surface area contributed by atoms with E-state index in [1.165, 1.54) is 45.2 Å². The van der Waals surface area contributed by atoms with Gasteiger partial charge in [-0.25, -0.2) is 0 Å². The molecule has 0 spiro atoms. The molecule has 0 heterocycles. The molecule has 1 fully saturated rings. The Balaban J connectivity index is 0. The SMILES string of the molecule is CC.CC.CNCCC1CCC(CNC)CC1. The summed E-state index contributed by atoms with van der Waals surface area (Å²) in [4.78, 5) is 0. The molecule has 0 saturated heterocycles. The van der Waals surface area contributed by atoms with Crippen LogP contribution in [0, 0.1) is 11.8 Å². The van der Waals surface area contributed by atoms with E-state index in [0.717, 1.165) is 11.8 Å². The van der Waals surface area contributed by atoms with Crippen LogP contribution in [0.3, 0.4) is 0 Å². The fraction of sp³-hybridized carbons (Fsp3) is 1.00. The number of rotatable bonds is 5. The lowest BCUT2D eigenvalue weighted by atomic mass is 9.80. The number of nitrogens with one attached hydrogen (secondary N) is 2. The molecule has 0 bridgehead atoms. The molecule has 0 amide bonds. The third-order valence-electron chi connectivity index (χ3n) is 3.26. The van der Waals surface area contributed by atoms with Crippen molar-refractivity contribution < 1.29 is 0 Å². The van der Waals surface area contributed by atoms with Gasteiger partial charge in [-0.2, -0.15) is 0 Å². The summed E-state index contributed by atoms with van der Waals surface area (Å²) in [6.07, 6.45) is 7.16. The van der Waals surface area contributed by atoms with Gasteiger partial charge in [0.05, 0.1) is 0 Å². The fourth-order valence-electron chi connectivity index (χ4n) is 2.36. The zero-order chi connectivity index (χ0) is 13.5. The minimum absolute atomic E-state index is 0.954. The minimum Gasteiger partial charge on any atom is -0.320 e. The Morgan fingerprint density at radius 1 is 0.765 bits per heavy atom. The minimum atomic E-state index is 0.954. The molecule has 0 radical (unpaired) electrons. The van der Waals surface area contributed by atoms with Crippen LogP contribution < -0.4 is 10.6 Å². The first kappa shape index (κ1) is 19.3. The highest BCUT2D eigenvalue weighted by atomic mass is 14.8. The predicted octanol–water partition coefficient (Wildman–Crippen LogP) is 3.67. The lowest BCUT2D eigenvalue weighted by Crippen LogP contribution is -2.25. The van der Waals surface area contributed by atoms with Gasteiger partial charge < -0.3 is 10.6 Å². The van der Waals surface area contributed by atoms with Crippen molar-refractivity contribution in [2.75, 3.05) is 27.2 Å². The second-order valence-corrected chi connectivity index (χ2v) is 4.34. The molecule has 1 rings (SSSR count). The van der Waals surface area contributed by atoms with Crippen LogP contribution in [-0.4, -0.2) is 27.2 Å². The molecule has 0 aromatic rings. The molecule has 2 nitrogen and oxygen atoms in total. The predicted molar refractivity (Wildman–Crippen MR) is 80.6 cm³/mol. The van der Waals surface area contributed by atoms with E-state index in [-0.39, 0.29) is 0 Å². The molecule has 0 aromatic carbocycles. The molecule has 1 aliphatic rings. The zero-order valence-electron chi connectivity index (χ0n) is 13.1. The van der Waals surface area contributed by atoms with E-state index in [9.17, 15) is 0 Å². The molecule has 0 aromatic heterocycles. The maximum Gasteiger partial charge on any atom is -0.00235 e. The second-order valence-electron chi connectivity index (χ2n) is 4.34. The quantitative estimate of drug-likeness (QED) is 0.771. The zero-order valence-corrected chi connectivity index (χ0v) is 13.1. The summed E-state index contributed by atoms with van der Waals surface area (Å²) in [5.41, 5.74) is 0. The Hall–Kier alpha value is -0.0800. The van der Waals surface area contributed by atoms with Crippen LogP contribution in [0.25, 0.3) is 0 Å². The Bertz CT molecular complexity index is 118. The highest BCUT2D eigenvalue weighted by Gasteiger charge is 2.19. The molecular formula is C15H36N2. The normalized spacial score (nSPS) is 22.9. The van der Waals surface area contributed by atoms with Gasteiger partial charge in [-0.3, -0.25) is 0 Å². The Morgan fingerprint density at radius 2 is 1.24 bits per heavy atom. The van der Waals surface area contributed by atoms with Crippen LogP contribution in [0.15, 0.2) is 0 Å². The molecule has 1 aliphatic carbocycles. The van der Waals surface area contributed by atoms with Crippen molar-refractivity contribution in [3.05, 3.63) is 0 Å². The molecule has 106 valence electrons. The van der Waals surface area contributed by atoms with E-state index < -0.39 is 0 Å². The third-order valence-corrected chi connectivity index (χ3v) is 3.26. The Labute approximate surface area is 110 Å². The van der Waals surface area contributed by atoms with Crippen LogP contribution in [0.1, 0.15) is 59.8 Å². The maximum atomic E-state index is 3.28. The summed E-state index contributed by atoms with van der Waals surface area (Å²) in [6, 6.07) is 0. The second kappa shape index (κ2) is 15.9. The maximum absolute atomic E-state index is 3.28. The largest absolute Gasteiger partial charge is 0.320 e. The van der Waals surface area contributed by atoms with Gasteiger partial charge in [0, 0.05) is 0 Å². The van der Waals surface area contributed by atoms with Crippen molar-refractivity contribution in [2.24, 2.45) is 11.8 Å². The lowest BCUT2D eigenvalue weighted by molar-refractivity contribution is 0.260. The van der Waals surface area contributed by atoms with E-state index in [2.05, 4.69) is 17.7 Å². The highest BCUT2D eigenvalue weighted by Crippen LogP contribution is 2.29. The van der Waals surface area contributed by atoms with Gasteiger partial charge in [-0.15, -0.1) is 0 Å². The fourth-order valence-corrected chi connectivity index (χ4v) is 2.36. The van der Waals surface area contributed by atoms with Gasteiger partial charge in [0.15, 0.2) is 0 Å². The molecule has 1 saturated carbocycles. The van der Waals surface area contributed by atoms with Gasteiger partial charge in [0.1, 0.15) is 0 Å². The van der Waals surface area contributed by atoms with Gasteiger partial charge >= 0.3 is 0 Å². The molecule has 17 heavy (non-hydrogen) atoms. The van der Waals surface area contributed by atoms with E-state index in [4.69, 9.17) is 0 Å². The van der Waals surface area contributed by atoms with E-state index in [1.54, 1.807) is 0 Å².